The lowest BCUT2D eigenvalue weighted by Gasteiger charge is -2.00. The first kappa shape index (κ1) is 20.9. The summed E-state index contributed by atoms with van der Waals surface area (Å²) in [5.74, 6) is -1.13. The van der Waals surface area contributed by atoms with Gasteiger partial charge >= 0.3 is 0 Å². The smallest absolute Gasteiger partial charge is 0.238 e. The van der Waals surface area contributed by atoms with Crippen molar-refractivity contribution in [2.24, 2.45) is 5.14 Å². The Morgan fingerprint density at radius 2 is 1.48 bits per heavy atom. The number of hydrogen-bond acceptors (Lipinski definition) is 6. The number of carbonyl (C=O) groups excluding carboxylic acids is 1. The van der Waals surface area contributed by atoms with E-state index in [9.17, 15) is 23.1 Å². The van der Waals surface area contributed by atoms with Gasteiger partial charge in [0.1, 0.15) is 0 Å². The van der Waals surface area contributed by atoms with Crippen molar-refractivity contribution in [2.45, 2.75) is 24.0 Å². The fourth-order valence-corrected chi connectivity index (χ4v) is 2.08. The molecule has 3 rings (SSSR count). The van der Waals surface area contributed by atoms with Crippen LogP contribution in [0, 0.1) is 6.92 Å². The average Bonchev–Trinajstić information content (AvgIpc) is 3.19. The Labute approximate surface area is 151 Å². The molecule has 0 amide bonds. The predicted molar refractivity (Wildman–Crippen MR) is 98.6 cm³/mol. The van der Waals surface area contributed by atoms with Gasteiger partial charge in [-0.25, -0.2) is 13.6 Å². The summed E-state index contributed by atoms with van der Waals surface area (Å²) in [6.07, 6.45) is 0. The van der Waals surface area contributed by atoms with E-state index in [2.05, 4.69) is 12.6 Å². The van der Waals surface area contributed by atoms with E-state index in [1.165, 1.54) is 19.1 Å². The Morgan fingerprint density at radius 3 is 1.76 bits per heavy atom. The van der Waals surface area contributed by atoms with Crippen LogP contribution in [-0.4, -0.2) is 19.6 Å². The number of carboxylic acid groups (broad SMARTS) is 1. The molecule has 3 aromatic carbocycles. The van der Waals surface area contributed by atoms with E-state index in [4.69, 9.17) is 5.14 Å². The molecule has 0 heterocycles. The van der Waals surface area contributed by atoms with E-state index in [0.717, 1.165) is 16.3 Å². The van der Waals surface area contributed by atoms with E-state index >= 15 is 0 Å². The van der Waals surface area contributed by atoms with E-state index in [0.29, 0.717) is 0 Å². The number of primary sulfonamides is 1. The first-order chi connectivity index (χ1) is 11.5. The molecule has 0 aromatic heterocycles. The first-order valence-electron chi connectivity index (χ1n) is 7.16. The summed E-state index contributed by atoms with van der Waals surface area (Å²) in [7, 11) is -3.52. The molecule has 0 saturated heterocycles. The van der Waals surface area contributed by atoms with Crippen LogP contribution < -0.4 is 15.7 Å². The molecule has 0 spiro atoms. The monoisotopic (exact) mass is 380 g/mol. The normalized spacial score (nSPS) is 11.8. The van der Waals surface area contributed by atoms with E-state index < -0.39 is 21.2 Å². The molecular weight excluding hydrogens is 362 g/mol. The van der Waals surface area contributed by atoms with Crippen LogP contribution in [0.4, 0.5) is 0 Å². The predicted octanol–water partition coefficient (Wildman–Crippen LogP) is 0.773. The van der Waals surface area contributed by atoms with Crippen molar-refractivity contribution in [1.82, 2.24) is 0 Å². The lowest BCUT2D eigenvalue weighted by molar-refractivity contribution is -0.304. The summed E-state index contributed by atoms with van der Waals surface area (Å²) >= 11 is 3.53. The standard InChI is InChI=1S/C7H9NO2S.C7H4O.C3H6O2S/c1-6-2-4-7(5-3-6)11(8,9)10;8-7-5-3-1-2-4-6(5)7;1-2(6)3(4)5/h2-5H,1H3,(H2,8,9,10);1-4H;2,6H,1H3,(H,4,5)/p-1. The third kappa shape index (κ3) is 7.08. The number of carboxylic acids is 1. The van der Waals surface area contributed by atoms with Crippen molar-refractivity contribution < 1.29 is 18.3 Å². The second-order valence-corrected chi connectivity index (χ2v) is 7.56. The van der Waals surface area contributed by atoms with E-state index in [-0.39, 0.29) is 10.3 Å². The molecule has 6 nitrogen and oxygen atoms in total. The highest BCUT2D eigenvalue weighted by molar-refractivity contribution is 7.89. The minimum Gasteiger partial charge on any atom is -0.549 e. The summed E-state index contributed by atoms with van der Waals surface area (Å²) in [5, 5.41) is 15.5. The van der Waals surface area contributed by atoms with Gasteiger partial charge in [-0.15, -0.1) is 0 Å². The largest absolute Gasteiger partial charge is 0.549 e. The molecule has 0 bridgehead atoms. The molecule has 134 valence electrons. The van der Waals surface area contributed by atoms with Crippen molar-refractivity contribution in [1.29, 1.82) is 0 Å². The molecule has 3 aromatic rings. The molecule has 0 fully saturated rings. The van der Waals surface area contributed by atoms with Crippen LogP contribution in [0.15, 0.2) is 58.2 Å². The number of aryl methyl sites for hydroxylation is 1. The van der Waals surface area contributed by atoms with Crippen LogP contribution in [0.3, 0.4) is 0 Å². The zero-order chi connectivity index (χ0) is 19.2. The molecule has 8 heteroatoms. The van der Waals surface area contributed by atoms with Crippen molar-refractivity contribution >= 4 is 39.4 Å². The summed E-state index contributed by atoms with van der Waals surface area (Å²) in [4.78, 5) is 20.2. The fraction of sp³-hybridized carbons (Fsp3) is 0.176. The Kier molecular flexibility index (Phi) is 7.35. The quantitative estimate of drug-likeness (QED) is 0.637. The van der Waals surface area contributed by atoms with E-state index in [1.54, 1.807) is 12.1 Å². The van der Waals surface area contributed by atoms with Crippen LogP contribution >= 0.6 is 12.6 Å². The van der Waals surface area contributed by atoms with Gasteiger partial charge < -0.3 is 9.90 Å². The van der Waals surface area contributed by atoms with Gasteiger partial charge in [-0.05, 0) is 26.0 Å². The second-order valence-electron chi connectivity index (χ2n) is 5.23. The van der Waals surface area contributed by atoms with Crippen LogP contribution in [0.1, 0.15) is 12.5 Å². The highest BCUT2D eigenvalue weighted by Crippen LogP contribution is 2.11. The number of benzene rings is 2. The number of thiol groups is 1. The lowest BCUT2D eigenvalue weighted by atomic mass is 10.2. The number of hydrogen-bond donors (Lipinski definition) is 2. The minimum absolute atomic E-state index is 0.156. The molecule has 0 aliphatic heterocycles. The Morgan fingerprint density at radius 1 is 1.08 bits per heavy atom. The van der Waals surface area contributed by atoms with Crippen molar-refractivity contribution in [3.05, 3.63) is 64.3 Å². The van der Waals surface area contributed by atoms with Gasteiger partial charge in [0, 0.05) is 16.0 Å². The van der Waals surface area contributed by atoms with Crippen LogP contribution in [0.2, 0.25) is 0 Å². The minimum atomic E-state index is -3.52. The third-order valence-corrected chi connectivity index (χ3v) is 4.18. The van der Waals surface area contributed by atoms with Gasteiger partial charge in [0.2, 0.25) is 10.0 Å². The Bertz CT molecular complexity index is 922. The van der Waals surface area contributed by atoms with Gasteiger partial charge in [0.15, 0.2) is 5.43 Å². The third-order valence-electron chi connectivity index (χ3n) is 3.04. The zero-order valence-electron chi connectivity index (χ0n) is 13.7. The second kappa shape index (κ2) is 8.80. The lowest BCUT2D eigenvalue weighted by Crippen LogP contribution is -2.29. The number of carbonyl (C=O) groups is 1. The maximum atomic E-state index is 10.7. The number of sulfonamides is 1. The fourth-order valence-electron chi connectivity index (χ4n) is 1.56. The van der Waals surface area contributed by atoms with Crippen molar-refractivity contribution in [3.8, 4) is 0 Å². The summed E-state index contributed by atoms with van der Waals surface area (Å²) in [6.45, 7) is 3.32. The number of rotatable bonds is 2. The summed E-state index contributed by atoms with van der Waals surface area (Å²) in [6, 6.07) is 13.8. The SMILES string of the molecule is CC(S)C(=O)[O-].Cc1ccc(S(N)(=O)=O)cc1.O=c1c2ccccc12. The summed E-state index contributed by atoms with van der Waals surface area (Å²) in [5.41, 5.74) is 1.23. The molecule has 0 aliphatic carbocycles. The molecule has 0 radical (unpaired) electrons. The number of nitrogens with two attached hydrogens (primary N) is 1. The highest BCUT2D eigenvalue weighted by Gasteiger charge is 2.07. The Hall–Kier alpha value is -2.16. The molecule has 25 heavy (non-hydrogen) atoms. The maximum Gasteiger partial charge on any atom is 0.238 e. The van der Waals surface area contributed by atoms with Crippen LogP contribution in [0.25, 0.3) is 10.8 Å². The maximum absolute atomic E-state index is 10.7. The molecule has 0 aliphatic rings. The topological polar surface area (TPSA) is 117 Å². The number of fused-ring (bicyclic) bond motifs is 1. The van der Waals surface area contributed by atoms with E-state index in [1.807, 2.05) is 31.2 Å². The van der Waals surface area contributed by atoms with Crippen molar-refractivity contribution in [3.63, 3.8) is 0 Å². The van der Waals surface area contributed by atoms with Crippen LogP contribution in [0.5, 0.6) is 0 Å². The van der Waals surface area contributed by atoms with Gasteiger partial charge in [0.25, 0.3) is 0 Å². The number of aliphatic carboxylic acids is 1. The summed E-state index contributed by atoms with van der Waals surface area (Å²) < 4.78 is 21.4. The van der Waals surface area contributed by atoms with Gasteiger partial charge in [-0.2, -0.15) is 12.6 Å². The zero-order valence-corrected chi connectivity index (χ0v) is 15.4. The van der Waals surface area contributed by atoms with Crippen molar-refractivity contribution in [2.75, 3.05) is 0 Å². The van der Waals surface area contributed by atoms with Gasteiger partial charge in [-0.1, -0.05) is 42.0 Å². The molecule has 1 atom stereocenters. The molecule has 1 unspecified atom stereocenters. The molecule has 0 saturated carbocycles. The average molecular weight is 380 g/mol. The molecule has 2 N–H and O–H groups in total. The Balaban J connectivity index is 0.000000197. The highest BCUT2D eigenvalue weighted by atomic mass is 32.2. The van der Waals surface area contributed by atoms with Gasteiger partial charge in [0.05, 0.1) is 10.9 Å². The molecular formula is C17H18NO5S2-. The van der Waals surface area contributed by atoms with Gasteiger partial charge in [-0.3, -0.25) is 4.79 Å². The van der Waals surface area contributed by atoms with Crippen LogP contribution in [-0.2, 0) is 14.8 Å². The first-order valence-corrected chi connectivity index (χ1v) is 9.22.